The summed E-state index contributed by atoms with van der Waals surface area (Å²) in [6, 6.07) is 8.00. The van der Waals surface area contributed by atoms with Crippen LogP contribution >= 0.6 is 24.0 Å². The van der Waals surface area contributed by atoms with E-state index in [1.165, 1.54) is 0 Å². The van der Waals surface area contributed by atoms with Crippen molar-refractivity contribution in [2.24, 2.45) is 4.99 Å². The van der Waals surface area contributed by atoms with E-state index >= 15 is 0 Å². The molecule has 0 aromatic heterocycles. The third-order valence-corrected chi connectivity index (χ3v) is 4.44. The molecule has 0 spiro atoms. The Morgan fingerprint density at radius 1 is 1.15 bits per heavy atom. The van der Waals surface area contributed by atoms with Crippen molar-refractivity contribution in [3.63, 3.8) is 0 Å². The molecule has 0 radical (unpaired) electrons. The van der Waals surface area contributed by atoms with Gasteiger partial charge in [0.2, 0.25) is 0 Å². The highest BCUT2D eigenvalue weighted by Crippen LogP contribution is 2.12. The summed E-state index contributed by atoms with van der Waals surface area (Å²) in [6.45, 7) is 10.2. The first-order chi connectivity index (χ1) is 12.4. The molecule has 0 saturated carbocycles. The minimum absolute atomic E-state index is 0. The third kappa shape index (κ3) is 10.8. The Morgan fingerprint density at radius 3 is 2.37 bits per heavy atom. The monoisotopic (exact) mass is 492 g/mol. The van der Waals surface area contributed by atoms with E-state index in [9.17, 15) is 0 Å². The van der Waals surface area contributed by atoms with E-state index in [1.807, 2.05) is 31.2 Å². The van der Waals surface area contributed by atoms with Gasteiger partial charge in [-0.1, -0.05) is 12.1 Å². The predicted molar refractivity (Wildman–Crippen MR) is 124 cm³/mol. The maximum absolute atomic E-state index is 5.39. The summed E-state index contributed by atoms with van der Waals surface area (Å²) in [5.41, 5.74) is 1.18. The van der Waals surface area contributed by atoms with Crippen LogP contribution in [0.25, 0.3) is 0 Å². The number of likely N-dealkylation sites (N-methyl/N-ethyl adjacent to an activating group) is 1. The molecule has 0 saturated heterocycles. The summed E-state index contributed by atoms with van der Waals surface area (Å²) in [5, 5.41) is 6.86. The van der Waals surface area contributed by atoms with Gasteiger partial charge < -0.3 is 25.0 Å². The zero-order chi connectivity index (χ0) is 19.4. The summed E-state index contributed by atoms with van der Waals surface area (Å²) in [7, 11) is 5.85. The van der Waals surface area contributed by atoms with Crippen molar-refractivity contribution in [3.8, 4) is 5.75 Å². The number of nitrogens with zero attached hydrogens (tertiary/aromatic N) is 2. The van der Waals surface area contributed by atoms with Crippen LogP contribution in [-0.4, -0.2) is 63.9 Å². The number of benzene rings is 1. The summed E-state index contributed by atoms with van der Waals surface area (Å²) in [4.78, 5) is 6.93. The van der Waals surface area contributed by atoms with Crippen molar-refractivity contribution >= 4 is 29.9 Å². The number of halogens is 1. The second-order valence-corrected chi connectivity index (χ2v) is 7.05. The number of ether oxygens (including phenoxy) is 2. The quantitative estimate of drug-likeness (QED) is 0.215. The molecule has 0 bridgehead atoms. The first-order valence-corrected chi connectivity index (χ1v) is 9.29. The molecule has 0 unspecified atom stereocenters. The smallest absolute Gasteiger partial charge is 0.191 e. The van der Waals surface area contributed by atoms with Gasteiger partial charge in [-0.3, -0.25) is 0 Å². The maximum atomic E-state index is 5.39. The molecule has 0 fully saturated rings. The molecular weight excluding hydrogens is 455 g/mol. The summed E-state index contributed by atoms with van der Waals surface area (Å²) in [5.74, 6) is 1.69. The minimum Gasteiger partial charge on any atom is -0.497 e. The van der Waals surface area contributed by atoms with Crippen molar-refractivity contribution in [1.82, 2.24) is 15.5 Å². The van der Waals surface area contributed by atoms with E-state index in [-0.39, 0.29) is 29.5 Å². The number of hydrogen-bond donors (Lipinski definition) is 2. The fraction of sp³-hybridized carbons (Fsp3) is 0.650. The van der Waals surface area contributed by atoms with Gasteiger partial charge in [0.15, 0.2) is 5.96 Å². The number of hydrogen-bond acceptors (Lipinski definition) is 4. The lowest BCUT2D eigenvalue weighted by atomic mass is 10.0. The van der Waals surface area contributed by atoms with E-state index in [0.29, 0.717) is 6.54 Å². The van der Waals surface area contributed by atoms with Crippen LogP contribution in [0.2, 0.25) is 0 Å². The largest absolute Gasteiger partial charge is 0.497 e. The lowest BCUT2D eigenvalue weighted by Crippen LogP contribution is -2.51. The van der Waals surface area contributed by atoms with Gasteiger partial charge in [0, 0.05) is 31.8 Å². The highest BCUT2D eigenvalue weighted by atomic mass is 127. The minimum atomic E-state index is 0. The maximum Gasteiger partial charge on any atom is 0.191 e. The molecule has 6 nitrogen and oxygen atoms in total. The fourth-order valence-corrected chi connectivity index (χ4v) is 2.06. The van der Waals surface area contributed by atoms with Gasteiger partial charge in [-0.2, -0.15) is 0 Å². The fourth-order valence-electron chi connectivity index (χ4n) is 2.06. The first kappa shape index (κ1) is 25.9. The van der Waals surface area contributed by atoms with E-state index in [4.69, 9.17) is 14.5 Å². The number of methoxy groups -OCH3 is 1. The zero-order valence-electron chi connectivity index (χ0n) is 17.7. The Morgan fingerprint density at radius 2 is 1.81 bits per heavy atom. The van der Waals surface area contributed by atoms with Gasteiger partial charge in [-0.25, -0.2) is 4.99 Å². The van der Waals surface area contributed by atoms with Gasteiger partial charge in [0.05, 0.1) is 13.7 Å². The Labute approximate surface area is 182 Å². The predicted octanol–water partition coefficient (Wildman–Crippen LogP) is 3.12. The zero-order valence-corrected chi connectivity index (χ0v) is 20.0. The van der Waals surface area contributed by atoms with Crippen LogP contribution in [0.15, 0.2) is 29.3 Å². The molecule has 156 valence electrons. The van der Waals surface area contributed by atoms with E-state index < -0.39 is 0 Å². The lowest BCUT2D eigenvalue weighted by Gasteiger charge is -2.33. The summed E-state index contributed by atoms with van der Waals surface area (Å²) < 4.78 is 10.6. The highest BCUT2D eigenvalue weighted by molar-refractivity contribution is 14.0. The SMILES string of the molecule is CCOCCCNC(=NCc1ccc(OC)cc1)NCC(C)(C)N(C)C.I. The van der Waals surface area contributed by atoms with Crippen LogP contribution in [0.3, 0.4) is 0 Å². The first-order valence-electron chi connectivity index (χ1n) is 9.29. The molecule has 0 heterocycles. The second kappa shape index (κ2) is 14.0. The Bertz CT molecular complexity index is 533. The lowest BCUT2D eigenvalue weighted by molar-refractivity contribution is 0.145. The molecule has 1 aromatic rings. The van der Waals surface area contributed by atoms with Crippen LogP contribution in [0, 0.1) is 0 Å². The van der Waals surface area contributed by atoms with Crippen molar-refractivity contribution in [1.29, 1.82) is 0 Å². The van der Waals surface area contributed by atoms with Crippen molar-refractivity contribution in [3.05, 3.63) is 29.8 Å². The highest BCUT2D eigenvalue weighted by Gasteiger charge is 2.20. The number of rotatable bonds is 11. The molecular formula is C20H37IN4O2. The molecule has 0 aliphatic rings. The average Bonchev–Trinajstić information content (AvgIpc) is 2.63. The molecule has 0 atom stereocenters. The van der Waals surface area contributed by atoms with Crippen molar-refractivity contribution < 1.29 is 9.47 Å². The number of aliphatic imine (C=N–C) groups is 1. The van der Waals surface area contributed by atoms with Crippen LogP contribution in [0.5, 0.6) is 5.75 Å². The van der Waals surface area contributed by atoms with Crippen molar-refractivity contribution in [2.45, 2.75) is 39.3 Å². The molecule has 0 amide bonds. The normalized spacial score (nSPS) is 11.9. The van der Waals surface area contributed by atoms with Gasteiger partial charge in [-0.05, 0) is 59.0 Å². The number of nitrogens with one attached hydrogen (secondary N) is 2. The average molecular weight is 492 g/mol. The van der Waals surface area contributed by atoms with Gasteiger partial charge in [0.1, 0.15) is 5.75 Å². The molecule has 0 aliphatic heterocycles. The molecule has 1 aromatic carbocycles. The molecule has 2 N–H and O–H groups in total. The topological polar surface area (TPSA) is 58.1 Å². The molecule has 0 aliphatic carbocycles. The van der Waals surface area contributed by atoms with E-state index in [2.05, 4.69) is 43.5 Å². The molecule has 1 rings (SSSR count). The standard InChI is InChI=1S/C20H36N4O2.HI/c1-7-26-14-8-13-21-19(23-16-20(2,3)24(4)5)22-15-17-9-11-18(25-6)12-10-17;/h9-12H,7-8,13-16H2,1-6H3,(H2,21,22,23);1H. The Balaban J connectivity index is 0.00000676. The second-order valence-electron chi connectivity index (χ2n) is 7.05. The van der Waals surface area contributed by atoms with Crippen molar-refractivity contribution in [2.75, 3.05) is 47.5 Å². The van der Waals surface area contributed by atoms with Gasteiger partial charge in [-0.15, -0.1) is 24.0 Å². The molecule has 27 heavy (non-hydrogen) atoms. The van der Waals surface area contributed by atoms with E-state index in [0.717, 1.165) is 50.0 Å². The third-order valence-electron chi connectivity index (χ3n) is 4.44. The van der Waals surface area contributed by atoms with Crippen LogP contribution in [-0.2, 0) is 11.3 Å². The Kier molecular flexibility index (Phi) is 13.5. The number of guanidine groups is 1. The summed E-state index contributed by atoms with van der Waals surface area (Å²) >= 11 is 0. The van der Waals surface area contributed by atoms with E-state index in [1.54, 1.807) is 7.11 Å². The summed E-state index contributed by atoms with van der Waals surface area (Å²) in [6.07, 6.45) is 0.953. The molecule has 7 heteroatoms. The van der Waals surface area contributed by atoms with Crippen LogP contribution in [0.4, 0.5) is 0 Å². The van der Waals surface area contributed by atoms with Gasteiger partial charge in [0.25, 0.3) is 0 Å². The van der Waals surface area contributed by atoms with Crippen LogP contribution < -0.4 is 15.4 Å². The Hall–Kier alpha value is -1.06. The van der Waals surface area contributed by atoms with Crippen LogP contribution in [0.1, 0.15) is 32.8 Å². The van der Waals surface area contributed by atoms with Gasteiger partial charge >= 0.3 is 0 Å².